The second kappa shape index (κ2) is 12.4. The third-order valence-electron chi connectivity index (χ3n) is 7.42. The Labute approximate surface area is 239 Å². The standard InChI is InChI=1S/C31H34ClN5O3/c1-22-8-7-9-23(20-22)34-31(40)37-18-16-35(17-19-37)28-13-12-24(33-29(38)25-10-3-4-11-27(25)32)21-26(28)30(39)36-14-5-2-6-15-36/h3-4,7-13,20-21H,2,5-6,14-19H2,1H3,(H,33,38)(H,34,40). The number of likely N-dealkylation sites (tertiary alicyclic amines) is 1. The van der Waals surface area contributed by atoms with Crippen molar-refractivity contribution in [2.24, 2.45) is 0 Å². The molecule has 0 spiro atoms. The number of hydrogen-bond acceptors (Lipinski definition) is 4. The van der Waals surface area contributed by atoms with Gasteiger partial charge in [0.2, 0.25) is 0 Å². The predicted molar refractivity (Wildman–Crippen MR) is 160 cm³/mol. The van der Waals surface area contributed by atoms with Crippen molar-refractivity contribution in [3.63, 3.8) is 0 Å². The molecule has 3 aromatic carbocycles. The highest BCUT2D eigenvalue weighted by atomic mass is 35.5. The van der Waals surface area contributed by atoms with Gasteiger partial charge in [0.1, 0.15) is 0 Å². The zero-order valence-electron chi connectivity index (χ0n) is 22.7. The van der Waals surface area contributed by atoms with Gasteiger partial charge in [-0.15, -0.1) is 0 Å². The van der Waals surface area contributed by atoms with Crippen LogP contribution in [0.3, 0.4) is 0 Å². The summed E-state index contributed by atoms with van der Waals surface area (Å²) in [6.07, 6.45) is 3.09. The number of urea groups is 1. The molecule has 8 nitrogen and oxygen atoms in total. The van der Waals surface area contributed by atoms with Crippen molar-refractivity contribution < 1.29 is 14.4 Å². The molecular formula is C31H34ClN5O3. The van der Waals surface area contributed by atoms with E-state index in [2.05, 4.69) is 15.5 Å². The van der Waals surface area contributed by atoms with Crippen molar-refractivity contribution in [3.8, 4) is 0 Å². The Morgan fingerprint density at radius 1 is 0.700 bits per heavy atom. The Morgan fingerprint density at radius 3 is 2.15 bits per heavy atom. The minimum atomic E-state index is -0.331. The largest absolute Gasteiger partial charge is 0.367 e. The number of piperidine rings is 1. The van der Waals surface area contributed by atoms with Crippen molar-refractivity contribution in [1.29, 1.82) is 0 Å². The molecule has 2 saturated heterocycles. The molecule has 2 N–H and O–H groups in total. The summed E-state index contributed by atoms with van der Waals surface area (Å²) in [5.41, 5.74) is 4.13. The third kappa shape index (κ3) is 6.39. The Balaban J connectivity index is 1.33. The van der Waals surface area contributed by atoms with Gasteiger partial charge < -0.3 is 25.3 Å². The van der Waals surface area contributed by atoms with Crippen LogP contribution >= 0.6 is 11.6 Å². The normalized spacial score (nSPS) is 15.5. The summed E-state index contributed by atoms with van der Waals surface area (Å²) in [5, 5.41) is 6.25. The lowest BCUT2D eigenvalue weighted by molar-refractivity contribution is 0.0724. The van der Waals surface area contributed by atoms with Gasteiger partial charge in [0, 0.05) is 56.3 Å². The number of amides is 4. The van der Waals surface area contributed by atoms with Crippen LogP contribution < -0.4 is 15.5 Å². The Hall–Kier alpha value is -4.04. The molecule has 2 aliphatic heterocycles. The van der Waals surface area contributed by atoms with Crippen LogP contribution in [0.4, 0.5) is 21.9 Å². The number of carbonyl (C=O) groups is 3. The molecule has 0 aromatic heterocycles. The smallest absolute Gasteiger partial charge is 0.321 e. The van der Waals surface area contributed by atoms with Gasteiger partial charge in [0.15, 0.2) is 0 Å². The minimum absolute atomic E-state index is 0.0387. The molecule has 0 radical (unpaired) electrons. The van der Waals surface area contributed by atoms with Crippen LogP contribution in [-0.4, -0.2) is 66.9 Å². The number of benzene rings is 3. The van der Waals surface area contributed by atoms with Crippen LogP contribution in [0.15, 0.2) is 66.7 Å². The predicted octanol–water partition coefficient (Wildman–Crippen LogP) is 5.88. The van der Waals surface area contributed by atoms with Crippen molar-refractivity contribution >= 4 is 46.5 Å². The van der Waals surface area contributed by atoms with Crippen molar-refractivity contribution in [3.05, 3.63) is 88.4 Å². The molecule has 0 unspecified atom stereocenters. The lowest BCUT2D eigenvalue weighted by Gasteiger charge is -2.37. The maximum atomic E-state index is 13.7. The van der Waals surface area contributed by atoms with Gasteiger partial charge in [-0.25, -0.2) is 4.79 Å². The highest BCUT2D eigenvalue weighted by molar-refractivity contribution is 6.34. The average Bonchev–Trinajstić information content (AvgIpc) is 2.97. The fraction of sp³-hybridized carbons (Fsp3) is 0.323. The van der Waals surface area contributed by atoms with Crippen molar-refractivity contribution in [1.82, 2.24) is 9.80 Å². The molecular weight excluding hydrogens is 526 g/mol. The van der Waals surface area contributed by atoms with Crippen molar-refractivity contribution in [2.45, 2.75) is 26.2 Å². The average molecular weight is 560 g/mol. The Kier molecular flexibility index (Phi) is 8.55. The second-order valence-corrected chi connectivity index (χ2v) is 10.7. The van der Waals surface area contributed by atoms with Gasteiger partial charge in [-0.1, -0.05) is 35.9 Å². The van der Waals surface area contributed by atoms with E-state index in [1.807, 2.05) is 48.2 Å². The summed E-state index contributed by atoms with van der Waals surface area (Å²) in [7, 11) is 0. The zero-order chi connectivity index (χ0) is 28.1. The summed E-state index contributed by atoms with van der Waals surface area (Å²) in [6, 6.07) is 19.9. The number of piperazine rings is 1. The molecule has 3 aromatic rings. The summed E-state index contributed by atoms with van der Waals surface area (Å²) in [4.78, 5) is 45.3. The van der Waals surface area contributed by atoms with Gasteiger partial charge in [0.25, 0.3) is 11.8 Å². The summed E-state index contributed by atoms with van der Waals surface area (Å²) < 4.78 is 0. The maximum absolute atomic E-state index is 13.7. The first kappa shape index (κ1) is 27.5. The molecule has 2 fully saturated rings. The monoisotopic (exact) mass is 559 g/mol. The number of nitrogens with zero attached hydrogens (tertiary/aromatic N) is 3. The van der Waals surface area contributed by atoms with Crippen LogP contribution in [0.5, 0.6) is 0 Å². The fourth-order valence-corrected chi connectivity index (χ4v) is 5.47. The van der Waals surface area contributed by atoms with Crippen LogP contribution in [0, 0.1) is 6.92 Å². The minimum Gasteiger partial charge on any atom is -0.367 e. The third-order valence-corrected chi connectivity index (χ3v) is 7.75. The molecule has 208 valence electrons. The lowest BCUT2D eigenvalue weighted by Crippen LogP contribution is -2.50. The highest BCUT2D eigenvalue weighted by Gasteiger charge is 2.27. The molecule has 40 heavy (non-hydrogen) atoms. The SMILES string of the molecule is Cc1cccc(NC(=O)N2CCN(c3ccc(NC(=O)c4ccccc4Cl)cc3C(=O)N3CCCCC3)CC2)c1. The molecule has 2 heterocycles. The molecule has 0 bridgehead atoms. The van der Waals surface area contributed by atoms with E-state index >= 15 is 0 Å². The number of nitrogens with one attached hydrogen (secondary N) is 2. The maximum Gasteiger partial charge on any atom is 0.321 e. The van der Waals surface area contributed by atoms with E-state index in [-0.39, 0.29) is 17.8 Å². The zero-order valence-corrected chi connectivity index (χ0v) is 23.4. The van der Waals surface area contributed by atoms with Crippen molar-refractivity contribution in [2.75, 3.05) is 54.8 Å². The Morgan fingerprint density at radius 2 is 1.43 bits per heavy atom. The van der Waals surface area contributed by atoms with Crippen LogP contribution in [0.2, 0.25) is 5.02 Å². The molecule has 0 atom stereocenters. The van der Waals surface area contributed by atoms with E-state index < -0.39 is 0 Å². The van der Waals surface area contributed by atoms with Gasteiger partial charge in [-0.3, -0.25) is 9.59 Å². The highest BCUT2D eigenvalue weighted by Crippen LogP contribution is 2.29. The summed E-state index contributed by atoms with van der Waals surface area (Å²) in [5.74, 6) is -0.369. The molecule has 4 amide bonds. The quantitative estimate of drug-likeness (QED) is 0.409. The van der Waals surface area contributed by atoms with Crippen LogP contribution in [-0.2, 0) is 0 Å². The molecule has 5 rings (SSSR count). The number of aryl methyl sites for hydroxylation is 1. The van der Waals surface area contributed by atoms with E-state index in [1.54, 1.807) is 35.2 Å². The number of carbonyl (C=O) groups excluding carboxylic acids is 3. The topological polar surface area (TPSA) is 85.0 Å². The molecule has 2 aliphatic rings. The molecule has 0 aliphatic carbocycles. The van der Waals surface area contributed by atoms with Gasteiger partial charge >= 0.3 is 6.03 Å². The van der Waals surface area contributed by atoms with E-state index in [0.717, 1.165) is 49.3 Å². The number of anilines is 3. The molecule has 0 saturated carbocycles. The second-order valence-electron chi connectivity index (χ2n) is 10.3. The number of halogens is 1. The number of rotatable bonds is 5. The van der Waals surface area contributed by atoms with E-state index in [4.69, 9.17) is 11.6 Å². The summed E-state index contributed by atoms with van der Waals surface area (Å²) >= 11 is 6.22. The van der Waals surface area contributed by atoms with E-state index in [9.17, 15) is 14.4 Å². The van der Waals surface area contributed by atoms with Gasteiger partial charge in [-0.2, -0.15) is 0 Å². The van der Waals surface area contributed by atoms with E-state index in [1.165, 1.54) is 0 Å². The van der Waals surface area contributed by atoms with Gasteiger partial charge in [-0.05, 0) is 74.2 Å². The lowest BCUT2D eigenvalue weighted by atomic mass is 10.1. The van der Waals surface area contributed by atoms with Gasteiger partial charge in [0.05, 0.1) is 16.1 Å². The number of hydrogen-bond donors (Lipinski definition) is 2. The summed E-state index contributed by atoms with van der Waals surface area (Å²) in [6.45, 7) is 5.67. The fourth-order valence-electron chi connectivity index (χ4n) is 5.25. The first-order chi connectivity index (χ1) is 19.4. The first-order valence-corrected chi connectivity index (χ1v) is 14.1. The van der Waals surface area contributed by atoms with E-state index in [0.29, 0.717) is 48.0 Å². The first-order valence-electron chi connectivity index (χ1n) is 13.8. The van der Waals surface area contributed by atoms with Crippen LogP contribution in [0.1, 0.15) is 45.5 Å². The van der Waals surface area contributed by atoms with Crippen LogP contribution in [0.25, 0.3) is 0 Å². The Bertz CT molecular complexity index is 1400. The molecule has 9 heteroatoms.